The van der Waals surface area contributed by atoms with E-state index in [2.05, 4.69) is 0 Å². The molecule has 3 nitrogen and oxygen atoms in total. The van der Waals surface area contributed by atoms with Crippen molar-refractivity contribution in [3.8, 4) is 5.75 Å². The predicted octanol–water partition coefficient (Wildman–Crippen LogP) is 3.88. The van der Waals surface area contributed by atoms with E-state index in [1.807, 2.05) is 37.3 Å². The Morgan fingerprint density at radius 1 is 1.10 bits per heavy atom. The zero-order chi connectivity index (χ0) is 14.4. The molecule has 0 bridgehead atoms. The lowest BCUT2D eigenvalue weighted by molar-refractivity contribution is 0.0450. The van der Waals surface area contributed by atoms with Gasteiger partial charge in [0.1, 0.15) is 19.0 Å². The van der Waals surface area contributed by atoms with Crippen LogP contribution < -0.4 is 4.74 Å². The molecule has 2 aromatic rings. The smallest absolute Gasteiger partial charge is 0.338 e. The number of halogens is 1. The molecule has 0 amide bonds. The maximum absolute atomic E-state index is 11.8. The summed E-state index contributed by atoms with van der Waals surface area (Å²) >= 11 is 5.97. The van der Waals surface area contributed by atoms with Gasteiger partial charge >= 0.3 is 5.97 Å². The van der Waals surface area contributed by atoms with Gasteiger partial charge in [-0.15, -0.1) is 0 Å². The number of rotatable bonds is 5. The van der Waals surface area contributed by atoms with Crippen molar-refractivity contribution in [2.75, 3.05) is 13.2 Å². The fourth-order valence-electron chi connectivity index (χ4n) is 1.61. The van der Waals surface area contributed by atoms with Gasteiger partial charge in [0.2, 0.25) is 0 Å². The summed E-state index contributed by atoms with van der Waals surface area (Å²) in [6, 6.07) is 14.5. The topological polar surface area (TPSA) is 35.5 Å². The molecule has 0 spiro atoms. The van der Waals surface area contributed by atoms with E-state index >= 15 is 0 Å². The second kappa shape index (κ2) is 6.96. The van der Waals surface area contributed by atoms with Crippen molar-refractivity contribution in [3.05, 3.63) is 64.7 Å². The molecule has 0 aliphatic rings. The van der Waals surface area contributed by atoms with Crippen molar-refractivity contribution in [1.82, 2.24) is 0 Å². The molecule has 0 unspecified atom stereocenters. The lowest BCUT2D eigenvalue weighted by atomic mass is 10.1. The number of hydrogen-bond acceptors (Lipinski definition) is 3. The van der Waals surface area contributed by atoms with Crippen LogP contribution in [-0.4, -0.2) is 19.2 Å². The number of carbonyl (C=O) groups is 1. The molecular weight excluding hydrogens is 276 g/mol. The molecule has 0 saturated heterocycles. The Morgan fingerprint density at radius 2 is 1.85 bits per heavy atom. The molecule has 0 N–H and O–H groups in total. The maximum Gasteiger partial charge on any atom is 0.338 e. The monoisotopic (exact) mass is 290 g/mol. The minimum Gasteiger partial charge on any atom is -0.490 e. The zero-order valence-electron chi connectivity index (χ0n) is 11.1. The number of ether oxygens (including phenoxy) is 2. The van der Waals surface area contributed by atoms with Crippen molar-refractivity contribution >= 4 is 17.6 Å². The second-order valence-corrected chi connectivity index (χ2v) is 4.67. The summed E-state index contributed by atoms with van der Waals surface area (Å²) in [6.45, 7) is 2.39. The van der Waals surface area contributed by atoms with Gasteiger partial charge in [0.05, 0.1) is 5.56 Å². The molecule has 20 heavy (non-hydrogen) atoms. The van der Waals surface area contributed by atoms with Gasteiger partial charge in [0.15, 0.2) is 0 Å². The third-order valence-corrected chi connectivity index (χ3v) is 3.14. The van der Waals surface area contributed by atoms with Crippen LogP contribution in [0.2, 0.25) is 5.02 Å². The number of carbonyl (C=O) groups excluding carboxylic acids is 1. The fraction of sp³-hybridized carbons (Fsp3) is 0.188. The largest absolute Gasteiger partial charge is 0.490 e. The quantitative estimate of drug-likeness (QED) is 0.619. The van der Waals surface area contributed by atoms with Gasteiger partial charge in [-0.3, -0.25) is 0 Å². The standard InChI is InChI=1S/C16H15ClO3/c1-12-7-8-13(11-15(12)17)16(18)20-10-9-19-14-5-3-2-4-6-14/h2-8,11H,9-10H2,1H3. The maximum atomic E-state index is 11.8. The van der Waals surface area contributed by atoms with Crippen LogP contribution in [-0.2, 0) is 4.74 Å². The van der Waals surface area contributed by atoms with E-state index in [-0.39, 0.29) is 6.61 Å². The van der Waals surface area contributed by atoms with Gasteiger partial charge in [-0.25, -0.2) is 4.79 Å². The molecule has 0 aromatic heterocycles. The van der Waals surface area contributed by atoms with Crippen LogP contribution in [0.4, 0.5) is 0 Å². The molecule has 104 valence electrons. The summed E-state index contributed by atoms with van der Waals surface area (Å²) in [6.07, 6.45) is 0. The van der Waals surface area contributed by atoms with Gasteiger partial charge in [0, 0.05) is 5.02 Å². The molecule has 0 fully saturated rings. The highest BCUT2D eigenvalue weighted by molar-refractivity contribution is 6.31. The molecular formula is C16H15ClO3. The van der Waals surface area contributed by atoms with E-state index in [9.17, 15) is 4.79 Å². The van der Waals surface area contributed by atoms with Crippen molar-refractivity contribution in [1.29, 1.82) is 0 Å². The number of para-hydroxylation sites is 1. The number of aryl methyl sites for hydroxylation is 1. The molecule has 4 heteroatoms. The third-order valence-electron chi connectivity index (χ3n) is 2.74. The molecule has 2 aromatic carbocycles. The normalized spacial score (nSPS) is 10.1. The summed E-state index contributed by atoms with van der Waals surface area (Å²) < 4.78 is 10.6. The van der Waals surface area contributed by atoms with Crippen LogP contribution in [0, 0.1) is 6.92 Å². The van der Waals surface area contributed by atoms with E-state index in [4.69, 9.17) is 21.1 Å². The molecule has 0 saturated carbocycles. The first kappa shape index (κ1) is 14.4. The van der Waals surface area contributed by atoms with Crippen molar-refractivity contribution < 1.29 is 14.3 Å². The van der Waals surface area contributed by atoms with Gasteiger partial charge in [-0.2, -0.15) is 0 Å². The molecule has 2 rings (SSSR count). The summed E-state index contributed by atoms with van der Waals surface area (Å²) in [5, 5.41) is 0.556. The highest BCUT2D eigenvalue weighted by atomic mass is 35.5. The van der Waals surface area contributed by atoms with E-state index < -0.39 is 5.97 Å². The second-order valence-electron chi connectivity index (χ2n) is 4.26. The first-order valence-corrected chi connectivity index (χ1v) is 6.66. The van der Waals surface area contributed by atoms with E-state index in [0.29, 0.717) is 17.2 Å². The minimum absolute atomic E-state index is 0.194. The average molecular weight is 291 g/mol. The Labute approximate surface area is 123 Å². The lowest BCUT2D eigenvalue weighted by Crippen LogP contribution is -2.12. The number of esters is 1. The molecule has 0 aliphatic heterocycles. The fourth-order valence-corrected chi connectivity index (χ4v) is 1.79. The number of benzene rings is 2. The van der Waals surface area contributed by atoms with Crippen molar-refractivity contribution in [2.24, 2.45) is 0 Å². The highest BCUT2D eigenvalue weighted by Gasteiger charge is 2.08. The minimum atomic E-state index is -0.399. The molecule has 0 heterocycles. The van der Waals surface area contributed by atoms with Gasteiger partial charge < -0.3 is 9.47 Å². The Kier molecular flexibility index (Phi) is 5.02. The summed E-state index contributed by atoms with van der Waals surface area (Å²) in [7, 11) is 0. The van der Waals surface area contributed by atoms with Crippen LogP contribution in [0.3, 0.4) is 0 Å². The van der Waals surface area contributed by atoms with Crippen LogP contribution in [0.15, 0.2) is 48.5 Å². The van der Waals surface area contributed by atoms with E-state index in [1.54, 1.807) is 18.2 Å². The summed E-state index contributed by atoms with van der Waals surface area (Å²) in [5.74, 6) is 0.352. The van der Waals surface area contributed by atoms with Crippen molar-refractivity contribution in [2.45, 2.75) is 6.92 Å². The lowest BCUT2D eigenvalue weighted by Gasteiger charge is -2.08. The Hall–Kier alpha value is -2.00. The van der Waals surface area contributed by atoms with Gasteiger partial charge in [-0.05, 0) is 36.8 Å². The highest BCUT2D eigenvalue weighted by Crippen LogP contribution is 2.17. The summed E-state index contributed by atoms with van der Waals surface area (Å²) in [4.78, 5) is 11.8. The molecule has 0 aliphatic carbocycles. The first-order valence-electron chi connectivity index (χ1n) is 6.28. The van der Waals surface area contributed by atoms with Crippen LogP contribution in [0.5, 0.6) is 5.75 Å². The van der Waals surface area contributed by atoms with Crippen LogP contribution in [0.25, 0.3) is 0 Å². The Morgan fingerprint density at radius 3 is 2.55 bits per heavy atom. The van der Waals surface area contributed by atoms with Crippen LogP contribution >= 0.6 is 11.6 Å². The number of hydrogen-bond donors (Lipinski definition) is 0. The van der Waals surface area contributed by atoms with Crippen molar-refractivity contribution in [3.63, 3.8) is 0 Å². The average Bonchev–Trinajstić information content (AvgIpc) is 2.47. The van der Waals surface area contributed by atoms with Gasteiger partial charge in [0.25, 0.3) is 0 Å². The van der Waals surface area contributed by atoms with E-state index in [1.165, 1.54) is 0 Å². The zero-order valence-corrected chi connectivity index (χ0v) is 11.9. The Bertz CT molecular complexity index is 582. The molecule has 0 atom stereocenters. The molecule has 0 radical (unpaired) electrons. The SMILES string of the molecule is Cc1ccc(C(=O)OCCOc2ccccc2)cc1Cl. The predicted molar refractivity (Wildman–Crippen MR) is 78.4 cm³/mol. The summed E-state index contributed by atoms with van der Waals surface area (Å²) in [5.41, 5.74) is 1.37. The van der Waals surface area contributed by atoms with Gasteiger partial charge in [-0.1, -0.05) is 35.9 Å². The third kappa shape index (κ3) is 4.00. The Balaban J connectivity index is 1.79. The first-order chi connectivity index (χ1) is 9.66. The van der Waals surface area contributed by atoms with E-state index in [0.717, 1.165) is 11.3 Å². The van der Waals surface area contributed by atoms with Crippen LogP contribution in [0.1, 0.15) is 15.9 Å².